The van der Waals surface area contributed by atoms with E-state index in [9.17, 15) is 0 Å². The Hall–Kier alpha value is -0.120. The molecule has 3 heteroatoms. The molecule has 2 fully saturated rings. The first-order valence-corrected chi connectivity index (χ1v) is 8.49. The van der Waals surface area contributed by atoms with Gasteiger partial charge in [0, 0.05) is 18.7 Å². The molecule has 2 rings (SSSR count). The first-order valence-electron chi connectivity index (χ1n) is 8.49. The maximum atomic E-state index is 8.80. The second-order valence-corrected chi connectivity index (χ2v) is 6.35. The molecular weight excluding hydrogens is 236 g/mol. The Bertz CT molecular complexity index is 229. The molecule has 1 aliphatic carbocycles. The van der Waals surface area contributed by atoms with Gasteiger partial charge in [0.1, 0.15) is 0 Å². The van der Waals surface area contributed by atoms with E-state index in [2.05, 4.69) is 10.6 Å². The van der Waals surface area contributed by atoms with Crippen LogP contribution >= 0.6 is 0 Å². The summed E-state index contributed by atoms with van der Waals surface area (Å²) in [5.41, 5.74) is 0. The van der Waals surface area contributed by atoms with Crippen molar-refractivity contribution in [2.75, 3.05) is 19.7 Å². The molecule has 0 spiro atoms. The molecule has 0 radical (unpaired) electrons. The molecule has 1 saturated carbocycles. The van der Waals surface area contributed by atoms with Gasteiger partial charge in [-0.1, -0.05) is 19.3 Å². The zero-order valence-electron chi connectivity index (χ0n) is 12.4. The maximum Gasteiger partial charge on any atom is 0.0431 e. The number of aliphatic hydroxyl groups is 1. The summed E-state index contributed by atoms with van der Waals surface area (Å²) in [6.45, 7) is 2.70. The summed E-state index contributed by atoms with van der Waals surface area (Å²) in [6, 6.07) is 1.50. The highest BCUT2D eigenvalue weighted by atomic mass is 16.2. The van der Waals surface area contributed by atoms with Gasteiger partial charge in [0.05, 0.1) is 0 Å². The van der Waals surface area contributed by atoms with Crippen molar-refractivity contribution in [1.29, 1.82) is 0 Å². The minimum absolute atomic E-state index is 0.345. The molecular formula is C16H32N2O. The average molecular weight is 268 g/mol. The van der Waals surface area contributed by atoms with Crippen LogP contribution in [0, 0.1) is 5.92 Å². The molecule has 112 valence electrons. The van der Waals surface area contributed by atoms with Crippen molar-refractivity contribution in [1.82, 2.24) is 10.6 Å². The van der Waals surface area contributed by atoms with Gasteiger partial charge in [-0.3, -0.25) is 0 Å². The predicted molar refractivity (Wildman–Crippen MR) is 80.3 cm³/mol. The third-order valence-corrected chi connectivity index (χ3v) is 4.93. The van der Waals surface area contributed by atoms with Crippen LogP contribution in [0.25, 0.3) is 0 Å². The summed E-state index contributed by atoms with van der Waals surface area (Å²) in [6.07, 6.45) is 13.1. The Labute approximate surface area is 118 Å². The minimum Gasteiger partial charge on any atom is -0.396 e. The number of aliphatic hydroxyl groups excluding tert-OH is 1. The van der Waals surface area contributed by atoms with E-state index in [1.165, 1.54) is 57.9 Å². The highest BCUT2D eigenvalue weighted by Gasteiger charge is 2.31. The zero-order chi connectivity index (χ0) is 13.3. The molecule has 3 atom stereocenters. The van der Waals surface area contributed by atoms with Crippen molar-refractivity contribution in [2.24, 2.45) is 5.92 Å². The van der Waals surface area contributed by atoms with Gasteiger partial charge in [0.25, 0.3) is 0 Å². The van der Waals surface area contributed by atoms with E-state index >= 15 is 0 Å². The second kappa shape index (κ2) is 8.93. The van der Waals surface area contributed by atoms with Gasteiger partial charge in [-0.15, -0.1) is 0 Å². The smallest absolute Gasteiger partial charge is 0.0431 e. The van der Waals surface area contributed by atoms with Gasteiger partial charge in [-0.05, 0) is 64.0 Å². The number of nitrogens with one attached hydrogen (secondary N) is 2. The van der Waals surface area contributed by atoms with E-state index in [4.69, 9.17) is 5.11 Å². The molecule has 0 amide bonds. The molecule has 0 aromatic heterocycles. The molecule has 0 bridgehead atoms. The lowest BCUT2D eigenvalue weighted by atomic mass is 9.77. The first-order chi connectivity index (χ1) is 9.42. The second-order valence-electron chi connectivity index (χ2n) is 6.35. The highest BCUT2D eigenvalue weighted by Crippen LogP contribution is 2.30. The molecule has 0 aromatic carbocycles. The lowest BCUT2D eigenvalue weighted by Crippen LogP contribution is -2.50. The minimum atomic E-state index is 0.345. The standard InChI is InChI=1S/C16H32N2O/c19-13-7-1-5-11-17-15-9-3-2-8-14(15)16-10-4-6-12-18-16/h14-19H,1-13H2. The third kappa shape index (κ3) is 5.05. The highest BCUT2D eigenvalue weighted by molar-refractivity contribution is 4.90. The zero-order valence-corrected chi connectivity index (χ0v) is 12.4. The van der Waals surface area contributed by atoms with Crippen LogP contribution in [0.15, 0.2) is 0 Å². The van der Waals surface area contributed by atoms with E-state index < -0.39 is 0 Å². The number of unbranched alkanes of at least 4 members (excludes halogenated alkanes) is 2. The van der Waals surface area contributed by atoms with Crippen LogP contribution in [0.2, 0.25) is 0 Å². The van der Waals surface area contributed by atoms with Gasteiger partial charge in [-0.2, -0.15) is 0 Å². The summed E-state index contributed by atoms with van der Waals surface area (Å²) in [5, 5.41) is 16.4. The topological polar surface area (TPSA) is 44.3 Å². The van der Waals surface area contributed by atoms with Gasteiger partial charge in [0.15, 0.2) is 0 Å². The SMILES string of the molecule is OCCCCCNC1CCCCC1C1CCCCN1. The Morgan fingerprint density at radius 1 is 0.947 bits per heavy atom. The summed E-state index contributed by atoms with van der Waals surface area (Å²) < 4.78 is 0. The maximum absolute atomic E-state index is 8.80. The fourth-order valence-corrected chi connectivity index (χ4v) is 3.84. The van der Waals surface area contributed by atoms with Crippen molar-refractivity contribution in [3.05, 3.63) is 0 Å². The van der Waals surface area contributed by atoms with Gasteiger partial charge >= 0.3 is 0 Å². The number of hydrogen-bond acceptors (Lipinski definition) is 3. The van der Waals surface area contributed by atoms with Gasteiger partial charge in [-0.25, -0.2) is 0 Å². The largest absolute Gasteiger partial charge is 0.396 e. The van der Waals surface area contributed by atoms with E-state index in [1.54, 1.807) is 0 Å². The number of piperidine rings is 1. The molecule has 1 heterocycles. The Morgan fingerprint density at radius 3 is 2.58 bits per heavy atom. The van der Waals surface area contributed by atoms with Crippen molar-refractivity contribution in [3.8, 4) is 0 Å². The monoisotopic (exact) mass is 268 g/mol. The van der Waals surface area contributed by atoms with E-state index in [0.29, 0.717) is 6.61 Å². The Balaban J connectivity index is 1.72. The number of rotatable bonds is 7. The Kier molecular flexibility index (Phi) is 7.18. The van der Waals surface area contributed by atoms with E-state index in [-0.39, 0.29) is 0 Å². The molecule has 19 heavy (non-hydrogen) atoms. The summed E-state index contributed by atoms with van der Waals surface area (Å²) >= 11 is 0. The van der Waals surface area contributed by atoms with Gasteiger partial charge < -0.3 is 15.7 Å². The summed E-state index contributed by atoms with van der Waals surface area (Å²) in [7, 11) is 0. The fourth-order valence-electron chi connectivity index (χ4n) is 3.84. The van der Waals surface area contributed by atoms with Gasteiger partial charge in [0.2, 0.25) is 0 Å². The van der Waals surface area contributed by atoms with E-state index in [1.807, 2.05) is 0 Å². The quantitative estimate of drug-likeness (QED) is 0.621. The average Bonchev–Trinajstić information content (AvgIpc) is 2.48. The third-order valence-electron chi connectivity index (χ3n) is 4.93. The normalized spacial score (nSPS) is 32.4. The van der Waals surface area contributed by atoms with Crippen LogP contribution in [0.1, 0.15) is 64.2 Å². The summed E-state index contributed by atoms with van der Waals surface area (Å²) in [4.78, 5) is 0. The van der Waals surface area contributed by atoms with Crippen molar-refractivity contribution in [2.45, 2.75) is 76.3 Å². The first kappa shape index (κ1) is 15.3. The van der Waals surface area contributed by atoms with Crippen LogP contribution in [0.4, 0.5) is 0 Å². The Morgan fingerprint density at radius 2 is 1.79 bits per heavy atom. The van der Waals surface area contributed by atoms with Crippen molar-refractivity contribution >= 4 is 0 Å². The lowest BCUT2D eigenvalue weighted by Gasteiger charge is -2.40. The van der Waals surface area contributed by atoms with Crippen molar-refractivity contribution < 1.29 is 5.11 Å². The fraction of sp³-hybridized carbons (Fsp3) is 1.00. The van der Waals surface area contributed by atoms with Crippen LogP contribution in [0.5, 0.6) is 0 Å². The predicted octanol–water partition coefficient (Wildman–Crippen LogP) is 2.44. The molecule has 2 aliphatic rings. The molecule has 1 aliphatic heterocycles. The van der Waals surface area contributed by atoms with Crippen LogP contribution in [-0.4, -0.2) is 36.9 Å². The summed E-state index contributed by atoms with van der Waals surface area (Å²) in [5.74, 6) is 0.854. The molecule has 3 unspecified atom stereocenters. The number of hydrogen-bond donors (Lipinski definition) is 3. The van der Waals surface area contributed by atoms with E-state index in [0.717, 1.165) is 37.4 Å². The lowest BCUT2D eigenvalue weighted by molar-refractivity contribution is 0.181. The van der Waals surface area contributed by atoms with Crippen LogP contribution < -0.4 is 10.6 Å². The molecule has 3 nitrogen and oxygen atoms in total. The molecule has 3 N–H and O–H groups in total. The van der Waals surface area contributed by atoms with Crippen LogP contribution in [0.3, 0.4) is 0 Å². The molecule has 0 aromatic rings. The van der Waals surface area contributed by atoms with Crippen molar-refractivity contribution in [3.63, 3.8) is 0 Å². The van der Waals surface area contributed by atoms with Crippen LogP contribution in [-0.2, 0) is 0 Å². The molecule has 1 saturated heterocycles.